The topological polar surface area (TPSA) is 21.6 Å². The van der Waals surface area contributed by atoms with Gasteiger partial charge in [0.15, 0.2) is 23.3 Å². The van der Waals surface area contributed by atoms with Crippen LogP contribution in [0.4, 0.5) is 22.0 Å². The molecule has 0 saturated heterocycles. The zero-order chi connectivity index (χ0) is 13.9. The maximum atomic E-state index is 13.2. The summed E-state index contributed by atoms with van der Waals surface area (Å²) in [6, 6.07) is 0. The molecule has 0 amide bonds. The minimum absolute atomic E-state index is 0.527. The molecule has 100 valence electrons. The molecular weight excluding hydrogens is 257 g/mol. The molecule has 0 spiro atoms. The Kier molecular flexibility index (Phi) is 4.63. The lowest BCUT2D eigenvalue weighted by Crippen LogP contribution is -2.08. The Morgan fingerprint density at radius 3 is 1.83 bits per heavy atom. The van der Waals surface area contributed by atoms with Crippen LogP contribution in [-0.4, -0.2) is 5.71 Å². The third-order valence-corrected chi connectivity index (χ3v) is 2.24. The lowest BCUT2D eigenvalue weighted by Gasteiger charge is -2.07. The van der Waals surface area contributed by atoms with Gasteiger partial charge in [-0.25, -0.2) is 22.0 Å². The van der Waals surface area contributed by atoms with Crippen molar-refractivity contribution in [2.45, 2.75) is 26.9 Å². The molecular formula is C11H10F5NO. The molecule has 1 rings (SSSR count). The standard InChI is InChI=1S/C11H10F5NO/c1-3-5(2)17-18-4-6-7(12)9(14)11(16)10(15)8(6)13/h3-4H2,1-2H3/b17-5-. The quantitative estimate of drug-likeness (QED) is 0.268. The highest BCUT2D eigenvalue weighted by Gasteiger charge is 2.25. The number of hydrogen-bond donors (Lipinski definition) is 0. The molecule has 0 aliphatic carbocycles. The van der Waals surface area contributed by atoms with Crippen molar-refractivity contribution in [1.82, 2.24) is 0 Å². The van der Waals surface area contributed by atoms with E-state index in [9.17, 15) is 22.0 Å². The third-order valence-electron chi connectivity index (χ3n) is 2.24. The summed E-state index contributed by atoms with van der Waals surface area (Å²) in [6.07, 6.45) is 0.539. The molecule has 0 aliphatic heterocycles. The molecule has 0 radical (unpaired) electrons. The van der Waals surface area contributed by atoms with Gasteiger partial charge < -0.3 is 4.84 Å². The Morgan fingerprint density at radius 1 is 0.944 bits per heavy atom. The van der Waals surface area contributed by atoms with Gasteiger partial charge in [0, 0.05) is 0 Å². The van der Waals surface area contributed by atoms with Gasteiger partial charge in [0.25, 0.3) is 0 Å². The summed E-state index contributed by atoms with van der Waals surface area (Å²) < 4.78 is 64.6. The molecule has 0 heterocycles. The van der Waals surface area contributed by atoms with Gasteiger partial charge in [0.2, 0.25) is 5.82 Å². The molecule has 0 fully saturated rings. The second-order valence-corrected chi connectivity index (χ2v) is 3.50. The summed E-state index contributed by atoms with van der Waals surface area (Å²) in [5.41, 5.74) is -0.516. The van der Waals surface area contributed by atoms with E-state index in [-0.39, 0.29) is 0 Å². The maximum Gasteiger partial charge on any atom is 0.200 e. The van der Waals surface area contributed by atoms with E-state index < -0.39 is 41.3 Å². The summed E-state index contributed by atoms with van der Waals surface area (Å²) >= 11 is 0. The van der Waals surface area contributed by atoms with Gasteiger partial charge >= 0.3 is 0 Å². The normalized spacial score (nSPS) is 11.8. The minimum Gasteiger partial charge on any atom is -0.391 e. The molecule has 7 heteroatoms. The van der Waals surface area contributed by atoms with E-state index in [1.54, 1.807) is 13.8 Å². The van der Waals surface area contributed by atoms with Crippen LogP contribution in [0, 0.1) is 29.1 Å². The second kappa shape index (κ2) is 5.79. The van der Waals surface area contributed by atoms with Gasteiger partial charge in [0.1, 0.15) is 6.61 Å². The van der Waals surface area contributed by atoms with Crippen LogP contribution in [0.15, 0.2) is 5.16 Å². The number of hydrogen-bond acceptors (Lipinski definition) is 2. The van der Waals surface area contributed by atoms with E-state index in [1.807, 2.05) is 0 Å². The van der Waals surface area contributed by atoms with E-state index in [4.69, 9.17) is 0 Å². The van der Waals surface area contributed by atoms with Gasteiger partial charge in [-0.1, -0.05) is 12.1 Å². The first-order valence-electron chi connectivity index (χ1n) is 5.05. The highest BCUT2D eigenvalue weighted by atomic mass is 19.2. The predicted molar refractivity (Wildman–Crippen MR) is 54.4 cm³/mol. The zero-order valence-corrected chi connectivity index (χ0v) is 9.66. The number of rotatable bonds is 4. The number of oxime groups is 1. The summed E-state index contributed by atoms with van der Waals surface area (Å²) in [5, 5.41) is 3.45. The molecule has 0 atom stereocenters. The van der Waals surface area contributed by atoms with Crippen LogP contribution in [0.25, 0.3) is 0 Å². The lowest BCUT2D eigenvalue weighted by atomic mass is 10.2. The van der Waals surface area contributed by atoms with Crippen LogP contribution < -0.4 is 0 Å². The first-order chi connectivity index (χ1) is 8.40. The number of nitrogens with zero attached hydrogens (tertiary/aromatic N) is 1. The van der Waals surface area contributed by atoms with Crippen molar-refractivity contribution in [3.8, 4) is 0 Å². The van der Waals surface area contributed by atoms with Crippen LogP contribution in [0.3, 0.4) is 0 Å². The second-order valence-electron chi connectivity index (χ2n) is 3.50. The van der Waals surface area contributed by atoms with Crippen LogP contribution in [0.5, 0.6) is 0 Å². The Morgan fingerprint density at radius 2 is 1.39 bits per heavy atom. The molecule has 1 aromatic carbocycles. The summed E-state index contributed by atoms with van der Waals surface area (Å²) in [4.78, 5) is 4.54. The first kappa shape index (κ1) is 14.4. The van der Waals surface area contributed by atoms with Crippen molar-refractivity contribution in [2.75, 3.05) is 0 Å². The fourth-order valence-electron chi connectivity index (χ4n) is 1.05. The third kappa shape index (κ3) is 2.77. The highest BCUT2D eigenvalue weighted by Crippen LogP contribution is 2.23. The highest BCUT2D eigenvalue weighted by molar-refractivity contribution is 5.80. The first-order valence-corrected chi connectivity index (χ1v) is 5.05. The van der Waals surface area contributed by atoms with Crippen LogP contribution >= 0.6 is 0 Å². The average molecular weight is 267 g/mol. The number of benzene rings is 1. The van der Waals surface area contributed by atoms with E-state index >= 15 is 0 Å². The van der Waals surface area contributed by atoms with Crippen molar-refractivity contribution in [2.24, 2.45) is 5.16 Å². The number of halogens is 5. The van der Waals surface area contributed by atoms with Crippen molar-refractivity contribution >= 4 is 5.71 Å². The molecule has 18 heavy (non-hydrogen) atoms. The molecule has 0 unspecified atom stereocenters. The monoisotopic (exact) mass is 267 g/mol. The smallest absolute Gasteiger partial charge is 0.200 e. The van der Waals surface area contributed by atoms with E-state index in [0.29, 0.717) is 12.1 Å². The van der Waals surface area contributed by atoms with Crippen molar-refractivity contribution in [3.05, 3.63) is 34.6 Å². The van der Waals surface area contributed by atoms with Crippen molar-refractivity contribution in [1.29, 1.82) is 0 Å². The Balaban J connectivity index is 3.03. The molecule has 0 aromatic heterocycles. The molecule has 1 aromatic rings. The van der Waals surface area contributed by atoms with Crippen molar-refractivity contribution in [3.63, 3.8) is 0 Å². The largest absolute Gasteiger partial charge is 0.391 e. The lowest BCUT2D eigenvalue weighted by molar-refractivity contribution is 0.122. The van der Waals surface area contributed by atoms with Crippen LogP contribution in [0.2, 0.25) is 0 Å². The summed E-state index contributed by atoms with van der Waals surface area (Å²) in [7, 11) is 0. The van der Waals surface area contributed by atoms with E-state index in [2.05, 4.69) is 9.99 Å². The fourth-order valence-corrected chi connectivity index (χ4v) is 1.05. The van der Waals surface area contributed by atoms with Gasteiger partial charge in [-0.3, -0.25) is 0 Å². The van der Waals surface area contributed by atoms with Gasteiger partial charge in [-0.2, -0.15) is 0 Å². The molecule has 2 nitrogen and oxygen atoms in total. The van der Waals surface area contributed by atoms with E-state index in [1.165, 1.54) is 0 Å². The van der Waals surface area contributed by atoms with Crippen LogP contribution in [-0.2, 0) is 11.4 Å². The average Bonchev–Trinajstić information content (AvgIpc) is 2.37. The summed E-state index contributed by atoms with van der Waals surface area (Å²) in [6.45, 7) is 2.53. The molecule has 0 aliphatic rings. The molecule has 0 bridgehead atoms. The van der Waals surface area contributed by atoms with Gasteiger partial charge in [-0.05, 0) is 13.3 Å². The molecule has 0 N–H and O–H groups in total. The SMILES string of the molecule is CC/C(C)=N\OCc1c(F)c(F)c(F)c(F)c1F. The summed E-state index contributed by atoms with van der Waals surface area (Å²) in [5.74, 6) is -10.00. The van der Waals surface area contributed by atoms with Crippen molar-refractivity contribution < 1.29 is 26.8 Å². The van der Waals surface area contributed by atoms with Gasteiger partial charge in [-0.15, -0.1) is 0 Å². The zero-order valence-electron chi connectivity index (χ0n) is 9.66. The minimum atomic E-state index is -2.19. The Labute approximate surface area is 100 Å². The van der Waals surface area contributed by atoms with Crippen LogP contribution in [0.1, 0.15) is 25.8 Å². The van der Waals surface area contributed by atoms with E-state index in [0.717, 1.165) is 0 Å². The molecule has 0 saturated carbocycles. The Hall–Kier alpha value is -1.66. The van der Waals surface area contributed by atoms with Gasteiger partial charge in [0.05, 0.1) is 11.3 Å². The predicted octanol–water partition coefficient (Wildman–Crippen LogP) is 3.68. The maximum absolute atomic E-state index is 13.2. The fraction of sp³-hybridized carbons (Fsp3) is 0.364. The Bertz CT molecular complexity index is 458.